The van der Waals surface area contributed by atoms with Crippen molar-refractivity contribution in [3.05, 3.63) is 0 Å². The Morgan fingerprint density at radius 3 is 2.69 bits per heavy atom. The molecule has 0 aliphatic carbocycles. The Bertz CT molecular complexity index is 214. The number of cyclic esters (lactones) is 1. The minimum absolute atomic E-state index is 0.0813. The fraction of sp³-hybridized carbons (Fsp3) is 0.818. The van der Waals surface area contributed by atoms with Crippen LogP contribution in [0, 0.1) is 0 Å². The molecule has 0 aromatic carbocycles. The van der Waals surface area contributed by atoms with Crippen LogP contribution < -0.4 is 0 Å². The summed E-state index contributed by atoms with van der Waals surface area (Å²) in [7, 11) is 3.25. The third kappa shape index (κ3) is 8.23. The van der Waals surface area contributed by atoms with E-state index in [0.717, 1.165) is 19.3 Å². The summed E-state index contributed by atoms with van der Waals surface area (Å²) in [5, 5.41) is 8.44. The van der Waals surface area contributed by atoms with Gasteiger partial charge in [0, 0.05) is 27.1 Å². The number of carbonyl (C=O) groups is 2. The molecule has 1 unspecified atom stereocenters. The van der Waals surface area contributed by atoms with Crippen LogP contribution >= 0.6 is 0 Å². The first-order valence-corrected chi connectivity index (χ1v) is 5.41. The second-order valence-corrected chi connectivity index (χ2v) is 3.70. The summed E-state index contributed by atoms with van der Waals surface area (Å²) in [6.07, 6.45) is 3.45. The Balaban J connectivity index is 0.000000673. The van der Waals surface area contributed by atoms with E-state index in [1.807, 2.05) is 0 Å². The number of hydrogen-bond donors (Lipinski definition) is 1. The molecule has 1 rings (SSSR count). The molecule has 1 fully saturated rings. The number of carboxylic acid groups (broad SMARTS) is 1. The predicted molar refractivity (Wildman–Crippen MR) is 58.2 cm³/mol. The Labute approximate surface area is 95.7 Å². The molecule has 0 aromatic rings. The zero-order valence-electron chi connectivity index (χ0n) is 9.90. The molecule has 0 aromatic heterocycles. The quantitative estimate of drug-likeness (QED) is 0.748. The van der Waals surface area contributed by atoms with Crippen molar-refractivity contribution >= 4 is 11.9 Å². The number of aliphatic carboxylic acids is 1. The van der Waals surface area contributed by atoms with Crippen molar-refractivity contribution in [2.75, 3.05) is 14.2 Å². The molecule has 1 saturated heterocycles. The highest BCUT2D eigenvalue weighted by Gasteiger charge is 2.18. The maximum absolute atomic E-state index is 11.0. The van der Waals surface area contributed by atoms with E-state index in [9.17, 15) is 9.59 Å². The average Bonchev–Trinajstić information content (AvgIpc) is 2.41. The normalized spacial score (nSPS) is 20.1. The second kappa shape index (κ2) is 9.15. The highest BCUT2D eigenvalue weighted by atomic mass is 16.5. The van der Waals surface area contributed by atoms with Gasteiger partial charge in [0.2, 0.25) is 0 Å². The Morgan fingerprint density at radius 2 is 2.12 bits per heavy atom. The zero-order chi connectivity index (χ0) is 12.4. The first-order chi connectivity index (χ1) is 7.60. The topological polar surface area (TPSA) is 72.8 Å². The summed E-state index contributed by atoms with van der Waals surface area (Å²) in [5.74, 6) is -1.02. The van der Waals surface area contributed by atoms with Gasteiger partial charge in [0.15, 0.2) is 0 Å². The van der Waals surface area contributed by atoms with Gasteiger partial charge in [-0.2, -0.15) is 0 Å². The Morgan fingerprint density at radius 1 is 1.50 bits per heavy atom. The highest BCUT2D eigenvalue weighted by Crippen LogP contribution is 2.17. The molecule has 0 bridgehead atoms. The van der Waals surface area contributed by atoms with Crippen molar-refractivity contribution in [1.82, 2.24) is 0 Å². The van der Waals surface area contributed by atoms with Crippen molar-refractivity contribution in [3.8, 4) is 0 Å². The highest BCUT2D eigenvalue weighted by molar-refractivity contribution is 5.70. The predicted octanol–water partition coefficient (Wildman–Crippen LogP) is 1.60. The first-order valence-electron chi connectivity index (χ1n) is 5.41. The fourth-order valence-corrected chi connectivity index (χ4v) is 1.43. The summed E-state index contributed by atoms with van der Waals surface area (Å²) in [6.45, 7) is 0. The van der Waals surface area contributed by atoms with Crippen molar-refractivity contribution < 1.29 is 24.2 Å². The molecular formula is C11H20O5. The van der Waals surface area contributed by atoms with Crippen LogP contribution in [0.4, 0.5) is 0 Å². The van der Waals surface area contributed by atoms with Gasteiger partial charge in [-0.05, 0) is 25.7 Å². The maximum atomic E-state index is 11.0. The van der Waals surface area contributed by atoms with Crippen LogP contribution in [0.15, 0.2) is 0 Å². The number of methoxy groups -OCH3 is 1. The van der Waals surface area contributed by atoms with E-state index in [2.05, 4.69) is 4.74 Å². The average molecular weight is 232 g/mol. The van der Waals surface area contributed by atoms with Gasteiger partial charge < -0.3 is 14.6 Å². The van der Waals surface area contributed by atoms with Gasteiger partial charge in [0.05, 0.1) is 0 Å². The van der Waals surface area contributed by atoms with Crippen molar-refractivity contribution in [2.45, 2.75) is 44.6 Å². The molecule has 1 N–H and O–H groups in total. The number of carboxylic acids is 1. The van der Waals surface area contributed by atoms with Gasteiger partial charge in [-0.25, -0.2) is 0 Å². The number of carbonyl (C=O) groups excluding carboxylic acids is 1. The van der Waals surface area contributed by atoms with E-state index in [1.54, 1.807) is 14.2 Å². The summed E-state index contributed by atoms with van der Waals surface area (Å²) < 4.78 is 9.31. The lowest BCUT2D eigenvalue weighted by Crippen LogP contribution is -2.16. The molecule has 16 heavy (non-hydrogen) atoms. The molecule has 1 atom stereocenters. The van der Waals surface area contributed by atoms with E-state index in [1.165, 1.54) is 0 Å². The van der Waals surface area contributed by atoms with Crippen LogP contribution in [0.2, 0.25) is 0 Å². The van der Waals surface area contributed by atoms with Crippen molar-refractivity contribution in [1.29, 1.82) is 0 Å². The lowest BCUT2D eigenvalue weighted by molar-refractivity contribution is -0.150. The zero-order valence-corrected chi connectivity index (χ0v) is 9.90. The van der Waals surface area contributed by atoms with E-state index in [4.69, 9.17) is 9.84 Å². The Kier molecular flexibility index (Phi) is 8.52. The van der Waals surface area contributed by atoms with Crippen LogP contribution in [0.1, 0.15) is 38.5 Å². The molecule has 5 nitrogen and oxygen atoms in total. The van der Waals surface area contributed by atoms with Crippen LogP contribution in [-0.2, 0) is 19.1 Å². The third-order valence-corrected chi connectivity index (χ3v) is 2.14. The molecule has 0 spiro atoms. The van der Waals surface area contributed by atoms with Gasteiger partial charge >= 0.3 is 11.9 Å². The van der Waals surface area contributed by atoms with Crippen LogP contribution in [-0.4, -0.2) is 37.4 Å². The van der Waals surface area contributed by atoms with Crippen LogP contribution in [0.5, 0.6) is 0 Å². The lowest BCUT2D eigenvalue weighted by atomic mass is 10.1. The third-order valence-electron chi connectivity index (χ3n) is 2.14. The van der Waals surface area contributed by atoms with Gasteiger partial charge in [0.1, 0.15) is 6.10 Å². The minimum Gasteiger partial charge on any atom is -0.481 e. The van der Waals surface area contributed by atoms with Crippen LogP contribution in [0.25, 0.3) is 0 Å². The molecule has 5 heteroatoms. The van der Waals surface area contributed by atoms with Crippen molar-refractivity contribution in [2.24, 2.45) is 0 Å². The van der Waals surface area contributed by atoms with E-state index in [-0.39, 0.29) is 18.5 Å². The first kappa shape index (κ1) is 14.9. The summed E-state index contributed by atoms with van der Waals surface area (Å²) in [6, 6.07) is 0. The minimum atomic E-state index is -0.833. The van der Waals surface area contributed by atoms with E-state index in [0.29, 0.717) is 12.8 Å². The standard InChI is InChI=1S/C9H14O4.C2H6O/c10-8(11)6-5-7-3-1-2-4-9(12)13-7;1-3-2/h7H,1-6H2,(H,10,11);1-2H3. The molecule has 1 heterocycles. The number of rotatable bonds is 3. The Hall–Kier alpha value is -1.10. The number of hydrogen-bond acceptors (Lipinski definition) is 4. The maximum Gasteiger partial charge on any atom is 0.306 e. The SMILES string of the molecule is COC.O=C(O)CCC1CCCCC(=O)O1. The summed E-state index contributed by atoms with van der Waals surface area (Å²) in [4.78, 5) is 21.2. The molecule has 94 valence electrons. The van der Waals surface area contributed by atoms with Crippen LogP contribution in [0.3, 0.4) is 0 Å². The largest absolute Gasteiger partial charge is 0.481 e. The molecule has 0 amide bonds. The van der Waals surface area contributed by atoms with Gasteiger partial charge in [-0.1, -0.05) is 0 Å². The number of esters is 1. The lowest BCUT2D eigenvalue weighted by Gasteiger charge is -2.12. The molecule has 0 radical (unpaired) electrons. The molecular weight excluding hydrogens is 212 g/mol. The van der Waals surface area contributed by atoms with Crippen molar-refractivity contribution in [3.63, 3.8) is 0 Å². The monoisotopic (exact) mass is 232 g/mol. The number of ether oxygens (including phenoxy) is 2. The fourth-order valence-electron chi connectivity index (χ4n) is 1.43. The van der Waals surface area contributed by atoms with Gasteiger partial charge in [-0.15, -0.1) is 0 Å². The summed E-state index contributed by atoms with van der Waals surface area (Å²) >= 11 is 0. The van der Waals surface area contributed by atoms with E-state index < -0.39 is 5.97 Å². The summed E-state index contributed by atoms with van der Waals surface area (Å²) in [5.41, 5.74) is 0. The molecule has 1 aliphatic rings. The van der Waals surface area contributed by atoms with Gasteiger partial charge in [-0.3, -0.25) is 9.59 Å². The van der Waals surface area contributed by atoms with E-state index >= 15 is 0 Å². The second-order valence-electron chi connectivity index (χ2n) is 3.70. The molecule has 1 aliphatic heterocycles. The smallest absolute Gasteiger partial charge is 0.306 e. The molecule has 0 saturated carbocycles. The van der Waals surface area contributed by atoms with Gasteiger partial charge in [0.25, 0.3) is 0 Å².